The number of nitrogens with zero attached hydrogens (tertiary/aromatic N) is 2. The second-order valence-corrected chi connectivity index (χ2v) is 9.44. The summed E-state index contributed by atoms with van der Waals surface area (Å²) < 4.78 is 6.58. The lowest BCUT2D eigenvalue weighted by Crippen LogP contribution is -1.90. The molecular formula is C34H20N2O. The molecule has 37 heavy (non-hydrogen) atoms. The molecule has 0 bridgehead atoms. The van der Waals surface area contributed by atoms with E-state index in [1.807, 2.05) is 18.3 Å². The molecule has 0 aliphatic carbocycles. The molecule has 3 nitrogen and oxygen atoms in total. The first kappa shape index (κ1) is 20.2. The van der Waals surface area contributed by atoms with Crippen molar-refractivity contribution in [3.63, 3.8) is 0 Å². The minimum atomic E-state index is 0.860. The molecular weight excluding hydrogens is 452 g/mol. The van der Waals surface area contributed by atoms with Crippen molar-refractivity contribution in [3.8, 4) is 22.4 Å². The fraction of sp³-hybridized carbons (Fsp3) is 0. The summed E-state index contributed by atoms with van der Waals surface area (Å²) in [6, 6.07) is 40.1. The van der Waals surface area contributed by atoms with Gasteiger partial charge in [-0.1, -0.05) is 84.9 Å². The van der Waals surface area contributed by atoms with Gasteiger partial charge in [0.05, 0.1) is 22.3 Å². The van der Waals surface area contributed by atoms with Gasteiger partial charge in [-0.25, -0.2) is 4.98 Å². The van der Waals surface area contributed by atoms with Crippen LogP contribution in [0.3, 0.4) is 0 Å². The molecule has 3 heterocycles. The van der Waals surface area contributed by atoms with Crippen LogP contribution in [-0.2, 0) is 0 Å². The topological polar surface area (TPSA) is 38.9 Å². The first-order valence-electron chi connectivity index (χ1n) is 12.4. The van der Waals surface area contributed by atoms with Crippen LogP contribution in [0.5, 0.6) is 0 Å². The van der Waals surface area contributed by atoms with Crippen molar-refractivity contribution >= 4 is 54.5 Å². The van der Waals surface area contributed by atoms with Gasteiger partial charge in [-0.15, -0.1) is 0 Å². The molecule has 8 rings (SSSR count). The van der Waals surface area contributed by atoms with E-state index in [1.165, 1.54) is 11.1 Å². The number of rotatable bonds is 2. The monoisotopic (exact) mass is 472 g/mol. The van der Waals surface area contributed by atoms with Gasteiger partial charge >= 0.3 is 0 Å². The van der Waals surface area contributed by atoms with Crippen molar-refractivity contribution in [2.75, 3.05) is 0 Å². The quantitative estimate of drug-likeness (QED) is 0.235. The highest BCUT2D eigenvalue weighted by atomic mass is 16.3. The van der Waals surface area contributed by atoms with Gasteiger partial charge in [0.15, 0.2) is 0 Å². The Hall–Kier alpha value is -5.02. The largest absolute Gasteiger partial charge is 0.455 e. The molecule has 0 aliphatic heterocycles. The Kier molecular flexibility index (Phi) is 4.23. The summed E-state index contributed by atoms with van der Waals surface area (Å²) in [5.74, 6) is 0. The lowest BCUT2D eigenvalue weighted by molar-refractivity contribution is 0.670. The Morgan fingerprint density at radius 2 is 1.30 bits per heavy atom. The van der Waals surface area contributed by atoms with Crippen LogP contribution < -0.4 is 0 Å². The number of hydrogen-bond donors (Lipinski definition) is 0. The third-order valence-corrected chi connectivity index (χ3v) is 7.28. The molecule has 3 aromatic heterocycles. The van der Waals surface area contributed by atoms with Crippen molar-refractivity contribution in [2.45, 2.75) is 0 Å². The lowest BCUT2D eigenvalue weighted by Gasteiger charge is -2.10. The van der Waals surface area contributed by atoms with E-state index in [1.54, 1.807) is 0 Å². The molecule has 8 aromatic rings. The van der Waals surface area contributed by atoms with Gasteiger partial charge in [-0.05, 0) is 52.2 Å². The summed E-state index contributed by atoms with van der Waals surface area (Å²) in [5, 5.41) is 6.65. The van der Waals surface area contributed by atoms with Gasteiger partial charge in [0.25, 0.3) is 0 Å². The zero-order valence-electron chi connectivity index (χ0n) is 19.8. The van der Waals surface area contributed by atoms with Crippen molar-refractivity contribution in [2.24, 2.45) is 0 Å². The first-order chi connectivity index (χ1) is 18.3. The molecule has 172 valence electrons. The lowest BCUT2D eigenvalue weighted by atomic mass is 9.96. The van der Waals surface area contributed by atoms with E-state index >= 15 is 0 Å². The maximum Gasteiger partial charge on any atom is 0.145 e. The van der Waals surface area contributed by atoms with Crippen LogP contribution in [0.2, 0.25) is 0 Å². The molecule has 0 radical (unpaired) electrons. The molecule has 0 atom stereocenters. The first-order valence-corrected chi connectivity index (χ1v) is 12.4. The number of pyridine rings is 2. The van der Waals surface area contributed by atoms with E-state index in [-0.39, 0.29) is 0 Å². The summed E-state index contributed by atoms with van der Waals surface area (Å²) in [7, 11) is 0. The van der Waals surface area contributed by atoms with Crippen LogP contribution in [-0.4, -0.2) is 9.97 Å². The second-order valence-electron chi connectivity index (χ2n) is 9.44. The van der Waals surface area contributed by atoms with Crippen LogP contribution in [0, 0.1) is 0 Å². The van der Waals surface area contributed by atoms with E-state index in [2.05, 4.69) is 108 Å². The SMILES string of the molecule is c1ccc(-c2ccc3oc4c(-c5ccc6ccc7cccnc7c6n5)c5ccccc5cc4c3c2)cc1. The normalized spacial score (nSPS) is 11.8. The standard InChI is InChI=1S/C34H20N2O/c1-2-7-21(8-3-1)24-15-17-30-27(19-24)28-20-25-9-4-5-11-26(25)31(34(28)37-30)29-16-14-23-13-12-22-10-6-18-35-32(22)33(23)36-29/h1-20H. The average Bonchev–Trinajstić information content (AvgIpc) is 3.33. The molecule has 0 unspecified atom stereocenters. The van der Waals surface area contributed by atoms with E-state index in [0.717, 1.165) is 65.8 Å². The minimum absolute atomic E-state index is 0.860. The molecule has 0 saturated carbocycles. The summed E-state index contributed by atoms with van der Waals surface area (Å²) in [6.07, 6.45) is 1.83. The van der Waals surface area contributed by atoms with Crippen LogP contribution in [0.25, 0.3) is 76.9 Å². The predicted molar refractivity (Wildman–Crippen MR) is 153 cm³/mol. The van der Waals surface area contributed by atoms with E-state index in [0.29, 0.717) is 0 Å². The molecule has 0 fully saturated rings. The molecule has 0 spiro atoms. The maximum atomic E-state index is 6.58. The van der Waals surface area contributed by atoms with Gasteiger partial charge in [0.2, 0.25) is 0 Å². The summed E-state index contributed by atoms with van der Waals surface area (Å²) in [5.41, 5.74) is 7.81. The molecule has 0 aliphatic rings. The fourth-order valence-corrected chi connectivity index (χ4v) is 5.50. The Morgan fingerprint density at radius 3 is 2.22 bits per heavy atom. The van der Waals surface area contributed by atoms with E-state index < -0.39 is 0 Å². The highest BCUT2D eigenvalue weighted by molar-refractivity contribution is 6.18. The zero-order valence-corrected chi connectivity index (χ0v) is 19.8. The third-order valence-electron chi connectivity index (χ3n) is 7.28. The fourth-order valence-electron chi connectivity index (χ4n) is 5.50. The zero-order chi connectivity index (χ0) is 24.3. The molecule has 0 N–H and O–H groups in total. The highest BCUT2D eigenvalue weighted by Gasteiger charge is 2.18. The molecule has 5 aromatic carbocycles. The number of hydrogen-bond acceptors (Lipinski definition) is 3. The van der Waals surface area contributed by atoms with E-state index in [9.17, 15) is 0 Å². The molecule has 3 heteroatoms. The Balaban J connectivity index is 1.47. The van der Waals surface area contributed by atoms with Crippen molar-refractivity contribution in [1.82, 2.24) is 9.97 Å². The Bertz CT molecular complexity index is 2140. The van der Waals surface area contributed by atoms with Gasteiger partial charge in [0.1, 0.15) is 11.2 Å². The molecule has 0 saturated heterocycles. The smallest absolute Gasteiger partial charge is 0.145 e. The van der Waals surface area contributed by atoms with Gasteiger partial charge in [0, 0.05) is 27.7 Å². The molecule has 0 amide bonds. The number of fused-ring (bicyclic) bond motifs is 7. The van der Waals surface area contributed by atoms with Gasteiger partial charge in [-0.3, -0.25) is 4.98 Å². The van der Waals surface area contributed by atoms with Crippen molar-refractivity contribution < 1.29 is 4.42 Å². The van der Waals surface area contributed by atoms with Crippen molar-refractivity contribution in [3.05, 3.63) is 121 Å². The van der Waals surface area contributed by atoms with Crippen molar-refractivity contribution in [1.29, 1.82) is 0 Å². The van der Waals surface area contributed by atoms with Gasteiger partial charge in [-0.2, -0.15) is 0 Å². The maximum absolute atomic E-state index is 6.58. The number of aromatic nitrogens is 2. The second kappa shape index (κ2) is 7.74. The number of benzene rings is 5. The predicted octanol–water partition coefficient (Wildman–Crippen LogP) is 9.17. The van der Waals surface area contributed by atoms with Crippen LogP contribution in [0.1, 0.15) is 0 Å². The number of furan rings is 1. The Morgan fingerprint density at radius 1 is 0.514 bits per heavy atom. The third kappa shape index (κ3) is 3.08. The van der Waals surface area contributed by atoms with Crippen LogP contribution in [0.15, 0.2) is 126 Å². The summed E-state index contributed by atoms with van der Waals surface area (Å²) in [4.78, 5) is 9.84. The summed E-state index contributed by atoms with van der Waals surface area (Å²) >= 11 is 0. The Labute approximate surface area is 212 Å². The van der Waals surface area contributed by atoms with Crippen LogP contribution >= 0.6 is 0 Å². The summed E-state index contributed by atoms with van der Waals surface area (Å²) in [6.45, 7) is 0. The van der Waals surface area contributed by atoms with Gasteiger partial charge < -0.3 is 4.42 Å². The minimum Gasteiger partial charge on any atom is -0.455 e. The highest BCUT2D eigenvalue weighted by Crippen LogP contribution is 2.42. The van der Waals surface area contributed by atoms with Crippen LogP contribution in [0.4, 0.5) is 0 Å². The average molecular weight is 473 g/mol. The van der Waals surface area contributed by atoms with E-state index in [4.69, 9.17) is 9.40 Å².